The first-order valence-electron chi connectivity index (χ1n) is 11.8. The van der Waals surface area contributed by atoms with Gasteiger partial charge in [-0.25, -0.2) is 0 Å². The van der Waals surface area contributed by atoms with Crippen LogP contribution in [-0.4, -0.2) is 24.3 Å². The van der Waals surface area contributed by atoms with Crippen molar-refractivity contribution in [3.8, 4) is 5.75 Å². The minimum Gasteiger partial charge on any atom is -0.494 e. The number of hydrazone groups is 1. The van der Waals surface area contributed by atoms with Gasteiger partial charge < -0.3 is 10.1 Å². The third-order valence-corrected chi connectivity index (χ3v) is 7.03. The number of anilines is 1. The SMILES string of the molecule is CCOc1ccc([C@@H]2[C@H](C)C(C(=O)NC3CCCCCC3)=NN2c2ccc(Cl)cc2Cl)cc1. The fraction of sp³-hybridized carbons (Fsp3) is 0.462. The Morgan fingerprint density at radius 2 is 1.79 bits per heavy atom. The van der Waals surface area contributed by atoms with Crippen LogP contribution in [0.5, 0.6) is 5.75 Å². The van der Waals surface area contributed by atoms with Crippen LogP contribution >= 0.6 is 23.2 Å². The first kappa shape index (κ1) is 23.9. The highest BCUT2D eigenvalue weighted by atomic mass is 35.5. The number of nitrogens with zero attached hydrogens (tertiary/aromatic N) is 2. The van der Waals surface area contributed by atoms with Gasteiger partial charge in [0, 0.05) is 17.0 Å². The van der Waals surface area contributed by atoms with Crippen LogP contribution in [0.4, 0.5) is 5.69 Å². The van der Waals surface area contributed by atoms with Crippen molar-refractivity contribution in [1.29, 1.82) is 0 Å². The van der Waals surface area contributed by atoms with Gasteiger partial charge in [-0.05, 0) is 55.7 Å². The average Bonchev–Trinajstić information content (AvgIpc) is 2.95. The Morgan fingerprint density at radius 3 is 2.42 bits per heavy atom. The molecule has 0 unspecified atom stereocenters. The number of halogens is 2. The van der Waals surface area contributed by atoms with Crippen LogP contribution in [-0.2, 0) is 4.79 Å². The predicted octanol–water partition coefficient (Wildman–Crippen LogP) is 6.78. The Labute approximate surface area is 206 Å². The monoisotopic (exact) mass is 487 g/mol. The molecule has 4 rings (SSSR count). The van der Waals surface area contributed by atoms with Crippen LogP contribution in [0.3, 0.4) is 0 Å². The van der Waals surface area contributed by atoms with Gasteiger partial charge in [0.2, 0.25) is 0 Å². The molecule has 33 heavy (non-hydrogen) atoms. The number of amides is 1. The first-order valence-corrected chi connectivity index (χ1v) is 12.6. The van der Waals surface area contributed by atoms with Crippen molar-refractivity contribution in [2.75, 3.05) is 11.6 Å². The molecule has 1 heterocycles. The molecule has 1 N–H and O–H groups in total. The second-order valence-electron chi connectivity index (χ2n) is 8.82. The molecule has 0 spiro atoms. The van der Waals surface area contributed by atoms with E-state index in [1.807, 2.05) is 42.3 Å². The van der Waals surface area contributed by atoms with Gasteiger partial charge in [0.05, 0.1) is 23.4 Å². The highest BCUT2D eigenvalue weighted by molar-refractivity contribution is 6.41. The molecule has 1 saturated carbocycles. The fourth-order valence-corrected chi connectivity index (χ4v) is 5.29. The molecule has 176 valence electrons. The number of rotatable bonds is 6. The van der Waals surface area contributed by atoms with Crippen LogP contribution in [0.15, 0.2) is 47.6 Å². The van der Waals surface area contributed by atoms with E-state index >= 15 is 0 Å². The second-order valence-corrected chi connectivity index (χ2v) is 9.67. The lowest BCUT2D eigenvalue weighted by Crippen LogP contribution is -2.40. The van der Waals surface area contributed by atoms with E-state index in [0.29, 0.717) is 22.4 Å². The van der Waals surface area contributed by atoms with Crippen molar-refractivity contribution in [2.45, 2.75) is 64.5 Å². The van der Waals surface area contributed by atoms with Crippen molar-refractivity contribution in [3.63, 3.8) is 0 Å². The third kappa shape index (κ3) is 5.47. The first-order chi connectivity index (χ1) is 16.0. The Hall–Kier alpha value is -2.24. The van der Waals surface area contributed by atoms with Crippen LogP contribution in [0, 0.1) is 5.92 Å². The van der Waals surface area contributed by atoms with E-state index < -0.39 is 0 Å². The van der Waals surface area contributed by atoms with E-state index in [9.17, 15) is 4.79 Å². The van der Waals surface area contributed by atoms with Crippen LogP contribution < -0.4 is 15.1 Å². The zero-order chi connectivity index (χ0) is 23.4. The summed E-state index contributed by atoms with van der Waals surface area (Å²) in [5, 5.41) is 11.0. The summed E-state index contributed by atoms with van der Waals surface area (Å²) >= 11 is 12.7. The normalized spacial score (nSPS) is 21.5. The summed E-state index contributed by atoms with van der Waals surface area (Å²) in [5.41, 5.74) is 2.30. The number of ether oxygens (including phenoxy) is 1. The van der Waals surface area contributed by atoms with Gasteiger partial charge in [-0.15, -0.1) is 0 Å². The number of hydrogen-bond donors (Lipinski definition) is 1. The van der Waals surface area contributed by atoms with E-state index in [-0.39, 0.29) is 23.9 Å². The summed E-state index contributed by atoms with van der Waals surface area (Å²) in [6, 6.07) is 13.4. The molecule has 1 aliphatic heterocycles. The maximum atomic E-state index is 13.3. The van der Waals surface area contributed by atoms with E-state index in [1.165, 1.54) is 12.8 Å². The number of hydrogen-bond acceptors (Lipinski definition) is 4. The third-order valence-electron chi connectivity index (χ3n) is 6.50. The summed E-state index contributed by atoms with van der Waals surface area (Å²) in [6.45, 7) is 4.63. The summed E-state index contributed by atoms with van der Waals surface area (Å²) < 4.78 is 5.61. The lowest BCUT2D eigenvalue weighted by molar-refractivity contribution is -0.115. The number of carbonyl (C=O) groups excluding carboxylic acids is 1. The van der Waals surface area contributed by atoms with Crippen LogP contribution in [0.2, 0.25) is 10.0 Å². The van der Waals surface area contributed by atoms with Gasteiger partial charge in [0.1, 0.15) is 11.5 Å². The minimum atomic E-state index is -0.172. The van der Waals surface area contributed by atoms with Gasteiger partial charge in [0.25, 0.3) is 5.91 Å². The van der Waals surface area contributed by atoms with Crippen molar-refractivity contribution >= 4 is 40.5 Å². The lowest BCUT2D eigenvalue weighted by Gasteiger charge is -2.28. The molecular formula is C26H31Cl2N3O2. The molecule has 2 aromatic carbocycles. The molecule has 2 aromatic rings. The molecule has 0 saturated heterocycles. The topological polar surface area (TPSA) is 53.9 Å². The predicted molar refractivity (Wildman–Crippen MR) is 136 cm³/mol. The molecule has 0 bridgehead atoms. The van der Waals surface area contributed by atoms with Crippen LogP contribution in [0.25, 0.3) is 0 Å². The maximum absolute atomic E-state index is 13.3. The number of nitrogens with one attached hydrogen (secondary N) is 1. The van der Waals surface area contributed by atoms with Gasteiger partial charge >= 0.3 is 0 Å². The summed E-state index contributed by atoms with van der Waals surface area (Å²) in [4.78, 5) is 13.3. The van der Waals surface area contributed by atoms with E-state index in [1.54, 1.807) is 12.1 Å². The zero-order valence-corrected chi connectivity index (χ0v) is 20.7. The number of benzene rings is 2. The highest BCUT2D eigenvalue weighted by Gasteiger charge is 2.40. The lowest BCUT2D eigenvalue weighted by atomic mass is 9.90. The molecule has 7 heteroatoms. The van der Waals surface area contributed by atoms with Crippen molar-refractivity contribution < 1.29 is 9.53 Å². The molecule has 1 aliphatic carbocycles. The Bertz CT molecular complexity index is 1000. The molecule has 1 amide bonds. The van der Waals surface area contributed by atoms with Gasteiger partial charge in [-0.3, -0.25) is 9.80 Å². The minimum absolute atomic E-state index is 0.0853. The molecule has 1 fully saturated rings. The Balaban J connectivity index is 1.65. The Morgan fingerprint density at radius 1 is 1.09 bits per heavy atom. The van der Waals surface area contributed by atoms with E-state index in [0.717, 1.165) is 42.7 Å². The summed E-state index contributed by atoms with van der Waals surface area (Å²) in [7, 11) is 0. The Kier molecular flexibility index (Phi) is 7.82. The summed E-state index contributed by atoms with van der Waals surface area (Å²) in [6.07, 6.45) is 6.87. The average molecular weight is 488 g/mol. The second kappa shape index (κ2) is 10.8. The molecule has 0 radical (unpaired) electrons. The maximum Gasteiger partial charge on any atom is 0.268 e. The van der Waals surface area contributed by atoms with E-state index in [4.69, 9.17) is 33.0 Å². The van der Waals surface area contributed by atoms with Crippen molar-refractivity contribution in [2.24, 2.45) is 11.0 Å². The van der Waals surface area contributed by atoms with Crippen LogP contribution in [0.1, 0.15) is 64.0 Å². The smallest absolute Gasteiger partial charge is 0.268 e. The van der Waals surface area contributed by atoms with Crippen molar-refractivity contribution in [3.05, 3.63) is 58.1 Å². The molecule has 0 aromatic heterocycles. The van der Waals surface area contributed by atoms with Gasteiger partial charge in [-0.1, -0.05) is 67.9 Å². The largest absolute Gasteiger partial charge is 0.494 e. The fourth-order valence-electron chi connectivity index (χ4n) is 4.79. The van der Waals surface area contributed by atoms with Gasteiger partial charge in [0.15, 0.2) is 0 Å². The molecule has 2 atom stereocenters. The quantitative estimate of drug-likeness (QED) is 0.456. The van der Waals surface area contributed by atoms with E-state index in [2.05, 4.69) is 12.2 Å². The summed E-state index contributed by atoms with van der Waals surface area (Å²) in [5.74, 6) is 0.605. The number of carbonyl (C=O) groups is 1. The highest BCUT2D eigenvalue weighted by Crippen LogP contribution is 2.42. The zero-order valence-electron chi connectivity index (χ0n) is 19.2. The standard InChI is InChI=1S/C26H31Cl2N3O2/c1-3-33-21-13-10-18(11-14-21)25-17(2)24(26(32)29-20-8-6-4-5-7-9-20)30-31(25)23-15-12-19(27)16-22(23)28/h10-17,20,25H,3-9H2,1-2H3,(H,29,32)/t17-,25+/m1/s1. The molecule has 5 nitrogen and oxygen atoms in total. The van der Waals surface area contributed by atoms with Gasteiger partial charge in [-0.2, -0.15) is 5.10 Å². The van der Waals surface area contributed by atoms with Crippen molar-refractivity contribution in [1.82, 2.24) is 5.32 Å². The molecular weight excluding hydrogens is 457 g/mol. The molecule has 2 aliphatic rings.